The minimum Gasteiger partial charge on any atom is -0.368 e. The minimum atomic E-state index is -0.846. The number of hydrogen-bond donors (Lipinski definition) is 1. The zero-order valence-electron chi connectivity index (χ0n) is 15.8. The van der Waals surface area contributed by atoms with Crippen molar-refractivity contribution in [1.82, 2.24) is 14.9 Å². The first kappa shape index (κ1) is 18.1. The molecule has 4 rings (SSSR count). The summed E-state index contributed by atoms with van der Waals surface area (Å²) in [6.45, 7) is 4.07. The molecule has 28 heavy (non-hydrogen) atoms. The van der Waals surface area contributed by atoms with Gasteiger partial charge in [0.25, 0.3) is 5.91 Å². The number of amides is 3. The molecule has 0 aliphatic carbocycles. The highest BCUT2D eigenvalue weighted by molar-refractivity contribution is 6.11. The van der Waals surface area contributed by atoms with Crippen LogP contribution in [0.25, 0.3) is 0 Å². The van der Waals surface area contributed by atoms with Gasteiger partial charge in [-0.15, -0.1) is 0 Å². The van der Waals surface area contributed by atoms with E-state index in [4.69, 9.17) is 5.73 Å². The van der Waals surface area contributed by atoms with Crippen LogP contribution in [0.4, 0.5) is 5.69 Å². The number of fused-ring (bicyclic) bond motifs is 2. The lowest BCUT2D eigenvalue weighted by molar-refractivity contribution is -0.125. The van der Waals surface area contributed by atoms with E-state index in [1.165, 1.54) is 11.1 Å². The third-order valence-electron chi connectivity index (χ3n) is 5.57. The van der Waals surface area contributed by atoms with Crippen LogP contribution in [-0.2, 0) is 15.0 Å². The first-order valence-corrected chi connectivity index (χ1v) is 9.13. The van der Waals surface area contributed by atoms with E-state index in [2.05, 4.69) is 9.97 Å². The highest BCUT2D eigenvalue weighted by atomic mass is 16.2. The van der Waals surface area contributed by atoms with E-state index in [9.17, 15) is 14.4 Å². The molecule has 2 N–H and O–H groups in total. The summed E-state index contributed by atoms with van der Waals surface area (Å²) in [5, 5.41) is 0. The van der Waals surface area contributed by atoms with E-state index >= 15 is 0 Å². The van der Waals surface area contributed by atoms with Crippen molar-refractivity contribution >= 4 is 23.4 Å². The number of carbonyl (C=O) groups is 3. The lowest BCUT2D eigenvalue weighted by Crippen LogP contribution is -2.45. The van der Waals surface area contributed by atoms with Crippen molar-refractivity contribution in [3.05, 3.63) is 53.1 Å². The molecule has 1 fully saturated rings. The third kappa shape index (κ3) is 2.64. The maximum Gasteiger partial charge on any atom is 0.257 e. The average Bonchev–Trinajstić information content (AvgIpc) is 3.19. The van der Waals surface area contributed by atoms with Crippen LogP contribution in [0, 0.1) is 13.8 Å². The fraction of sp³-hybridized carbons (Fsp3) is 0.350. The molecule has 0 saturated carbocycles. The zero-order chi connectivity index (χ0) is 20.1. The number of hydrogen-bond acceptors (Lipinski definition) is 5. The minimum absolute atomic E-state index is 0.170. The smallest absolute Gasteiger partial charge is 0.257 e. The Balaban J connectivity index is 1.68. The van der Waals surface area contributed by atoms with E-state index in [1.54, 1.807) is 18.7 Å². The molecule has 0 radical (unpaired) electrons. The molecule has 3 amide bonds. The van der Waals surface area contributed by atoms with Gasteiger partial charge in [0.2, 0.25) is 11.8 Å². The van der Waals surface area contributed by atoms with Gasteiger partial charge in [-0.1, -0.05) is 18.2 Å². The van der Waals surface area contributed by atoms with Crippen molar-refractivity contribution in [3.8, 4) is 0 Å². The summed E-state index contributed by atoms with van der Waals surface area (Å²) >= 11 is 0. The van der Waals surface area contributed by atoms with E-state index in [0.717, 1.165) is 5.56 Å². The number of carbonyl (C=O) groups excluding carboxylic acids is 3. The van der Waals surface area contributed by atoms with Gasteiger partial charge in [0.1, 0.15) is 12.4 Å². The van der Waals surface area contributed by atoms with Crippen molar-refractivity contribution in [3.63, 3.8) is 0 Å². The maximum atomic E-state index is 13.3. The Bertz CT molecular complexity index is 1010. The number of nitrogens with two attached hydrogens (primary N) is 1. The standard InChI is InChI=1S/C20H21N5O3/c1-12-14(9-22-13(2)23-12)18(27)24-8-7-20(11-24)15-5-3-4-6-16(15)25(19(20)28)10-17(21)26/h3-6,9H,7-8,10-11H2,1-2H3,(H2,21,26)/t20-/m0/s1. The lowest BCUT2D eigenvalue weighted by atomic mass is 9.81. The Hall–Kier alpha value is -3.29. The topological polar surface area (TPSA) is 109 Å². The van der Waals surface area contributed by atoms with Gasteiger partial charge in [-0.25, -0.2) is 9.97 Å². The summed E-state index contributed by atoms with van der Waals surface area (Å²) < 4.78 is 0. The summed E-state index contributed by atoms with van der Waals surface area (Å²) in [4.78, 5) is 49.3. The molecule has 2 aromatic rings. The lowest BCUT2D eigenvalue weighted by Gasteiger charge is -2.24. The Morgan fingerprint density at radius 3 is 2.71 bits per heavy atom. The van der Waals surface area contributed by atoms with E-state index in [-0.39, 0.29) is 24.9 Å². The van der Waals surface area contributed by atoms with Gasteiger partial charge in [-0.2, -0.15) is 0 Å². The normalized spacial score (nSPS) is 20.7. The van der Waals surface area contributed by atoms with Crippen molar-refractivity contribution < 1.29 is 14.4 Å². The molecule has 1 saturated heterocycles. The van der Waals surface area contributed by atoms with Gasteiger partial charge >= 0.3 is 0 Å². The van der Waals surface area contributed by atoms with Gasteiger partial charge in [0.05, 0.1) is 16.7 Å². The third-order valence-corrected chi connectivity index (χ3v) is 5.57. The molecule has 1 aromatic heterocycles. The summed E-state index contributed by atoms with van der Waals surface area (Å²) in [6, 6.07) is 7.39. The predicted molar refractivity (Wildman–Crippen MR) is 102 cm³/mol. The summed E-state index contributed by atoms with van der Waals surface area (Å²) in [5.41, 5.74) is 7.09. The van der Waals surface area contributed by atoms with Crippen LogP contribution in [0.2, 0.25) is 0 Å². The highest BCUT2D eigenvalue weighted by Gasteiger charge is 2.55. The monoisotopic (exact) mass is 379 g/mol. The molecule has 1 spiro atoms. The van der Waals surface area contributed by atoms with Crippen molar-refractivity contribution in [2.45, 2.75) is 25.7 Å². The summed E-state index contributed by atoms with van der Waals surface area (Å²) in [5.74, 6) is -0.333. The summed E-state index contributed by atoms with van der Waals surface area (Å²) in [7, 11) is 0. The molecular formula is C20H21N5O3. The molecule has 8 nitrogen and oxygen atoms in total. The molecule has 0 unspecified atom stereocenters. The molecule has 1 atom stereocenters. The molecular weight excluding hydrogens is 358 g/mol. The van der Waals surface area contributed by atoms with Crippen LogP contribution >= 0.6 is 0 Å². The second-order valence-electron chi connectivity index (χ2n) is 7.35. The van der Waals surface area contributed by atoms with Gasteiger partial charge in [-0.3, -0.25) is 14.4 Å². The van der Waals surface area contributed by atoms with E-state index in [0.29, 0.717) is 35.7 Å². The number of primary amides is 1. The van der Waals surface area contributed by atoms with Crippen molar-refractivity contribution in [2.24, 2.45) is 5.73 Å². The van der Waals surface area contributed by atoms with Gasteiger partial charge in [-0.05, 0) is 31.9 Å². The second kappa shape index (κ2) is 6.40. The zero-order valence-corrected chi connectivity index (χ0v) is 15.8. The maximum absolute atomic E-state index is 13.3. The number of rotatable bonds is 3. The molecule has 2 aliphatic rings. The number of para-hydroxylation sites is 1. The molecule has 0 bridgehead atoms. The van der Waals surface area contributed by atoms with Crippen molar-refractivity contribution in [2.75, 3.05) is 24.5 Å². The van der Waals surface area contributed by atoms with E-state index < -0.39 is 11.3 Å². The van der Waals surface area contributed by atoms with Gasteiger partial charge < -0.3 is 15.5 Å². The fourth-order valence-electron chi connectivity index (χ4n) is 4.25. The number of aromatic nitrogens is 2. The van der Waals surface area contributed by atoms with Gasteiger partial charge in [0, 0.05) is 25.0 Å². The first-order chi connectivity index (χ1) is 13.3. The van der Waals surface area contributed by atoms with Crippen LogP contribution in [0.15, 0.2) is 30.5 Å². The predicted octanol–water partition coefficient (Wildman–Crippen LogP) is 0.709. The number of anilines is 1. The van der Waals surface area contributed by atoms with Crippen molar-refractivity contribution in [1.29, 1.82) is 0 Å². The van der Waals surface area contributed by atoms with Crippen LogP contribution in [0.3, 0.4) is 0 Å². The first-order valence-electron chi connectivity index (χ1n) is 9.13. The Kier molecular flexibility index (Phi) is 4.14. The average molecular weight is 379 g/mol. The molecule has 144 valence electrons. The Labute approximate surface area is 162 Å². The van der Waals surface area contributed by atoms with E-state index in [1.807, 2.05) is 24.3 Å². The SMILES string of the molecule is Cc1ncc(C(=O)N2CC[C@@]3(C2)C(=O)N(CC(N)=O)c2ccccc23)c(C)n1. The van der Waals surface area contributed by atoms with Crippen LogP contribution in [0.5, 0.6) is 0 Å². The number of benzene rings is 1. The Morgan fingerprint density at radius 1 is 1.25 bits per heavy atom. The van der Waals surface area contributed by atoms with Crippen LogP contribution in [0.1, 0.15) is 33.9 Å². The van der Waals surface area contributed by atoms with Crippen LogP contribution < -0.4 is 10.6 Å². The molecule has 1 aromatic carbocycles. The Morgan fingerprint density at radius 2 is 2.00 bits per heavy atom. The molecule has 3 heterocycles. The summed E-state index contributed by atoms with van der Waals surface area (Å²) in [6.07, 6.45) is 2.03. The molecule has 8 heteroatoms. The van der Waals surface area contributed by atoms with Gasteiger partial charge in [0.15, 0.2) is 0 Å². The molecule has 2 aliphatic heterocycles. The second-order valence-corrected chi connectivity index (χ2v) is 7.35. The number of likely N-dealkylation sites (tertiary alicyclic amines) is 1. The van der Waals surface area contributed by atoms with Crippen LogP contribution in [-0.4, -0.2) is 52.2 Å². The highest BCUT2D eigenvalue weighted by Crippen LogP contribution is 2.47. The fourth-order valence-corrected chi connectivity index (χ4v) is 4.25. The quantitative estimate of drug-likeness (QED) is 0.845. The largest absolute Gasteiger partial charge is 0.368 e. The number of aryl methyl sites for hydroxylation is 2. The number of nitrogens with zero attached hydrogens (tertiary/aromatic N) is 4.